The normalized spacial score (nSPS) is 10.0. The van der Waals surface area contributed by atoms with Crippen LogP contribution in [-0.2, 0) is 0 Å². The van der Waals surface area contributed by atoms with Crippen molar-refractivity contribution >= 4 is 0 Å². The summed E-state index contributed by atoms with van der Waals surface area (Å²) in [6.07, 6.45) is 1.51. The summed E-state index contributed by atoms with van der Waals surface area (Å²) in [4.78, 5) is 3.60. The Hall–Kier alpha value is -1.90. The molecule has 1 heterocycles. The van der Waals surface area contributed by atoms with Gasteiger partial charge in [-0.3, -0.25) is 0 Å². The minimum absolute atomic E-state index is 0.465. The van der Waals surface area contributed by atoms with Gasteiger partial charge in [-0.25, -0.2) is 4.98 Å². The fourth-order valence-corrected chi connectivity index (χ4v) is 1.33. The Labute approximate surface area is 87.4 Å². The SMILES string of the molecule is COc1ccc(-c2ccc(F)nc2)cc1. The summed E-state index contributed by atoms with van der Waals surface area (Å²) < 4.78 is 17.6. The minimum atomic E-state index is -0.465. The van der Waals surface area contributed by atoms with Crippen LogP contribution in [0.2, 0.25) is 0 Å². The molecule has 76 valence electrons. The summed E-state index contributed by atoms with van der Waals surface area (Å²) in [5, 5.41) is 0. The van der Waals surface area contributed by atoms with Gasteiger partial charge in [0.1, 0.15) is 5.75 Å². The molecule has 0 unspecified atom stereocenters. The van der Waals surface area contributed by atoms with Crippen LogP contribution in [0.15, 0.2) is 42.6 Å². The number of hydrogen-bond donors (Lipinski definition) is 0. The number of ether oxygens (including phenoxy) is 1. The highest BCUT2D eigenvalue weighted by Crippen LogP contribution is 2.21. The molecule has 0 spiro atoms. The number of halogens is 1. The maximum Gasteiger partial charge on any atom is 0.212 e. The van der Waals surface area contributed by atoms with E-state index in [1.807, 2.05) is 24.3 Å². The van der Waals surface area contributed by atoms with Crippen molar-refractivity contribution in [1.82, 2.24) is 4.98 Å². The molecule has 2 rings (SSSR count). The van der Waals surface area contributed by atoms with Crippen LogP contribution in [0.5, 0.6) is 5.75 Å². The van der Waals surface area contributed by atoms with Crippen molar-refractivity contribution in [3.05, 3.63) is 48.5 Å². The molecule has 0 aliphatic rings. The van der Waals surface area contributed by atoms with E-state index in [2.05, 4.69) is 4.98 Å². The molecule has 0 atom stereocenters. The van der Waals surface area contributed by atoms with Gasteiger partial charge in [-0.05, 0) is 29.8 Å². The zero-order valence-corrected chi connectivity index (χ0v) is 8.27. The lowest BCUT2D eigenvalue weighted by Gasteiger charge is -2.02. The van der Waals surface area contributed by atoms with Crippen LogP contribution in [-0.4, -0.2) is 12.1 Å². The molecule has 2 aromatic rings. The average Bonchev–Trinajstić information content (AvgIpc) is 2.30. The van der Waals surface area contributed by atoms with Gasteiger partial charge in [0.05, 0.1) is 7.11 Å². The van der Waals surface area contributed by atoms with Gasteiger partial charge in [-0.1, -0.05) is 12.1 Å². The van der Waals surface area contributed by atoms with Crippen LogP contribution >= 0.6 is 0 Å². The molecule has 1 aromatic carbocycles. The van der Waals surface area contributed by atoms with Gasteiger partial charge in [0.2, 0.25) is 5.95 Å². The Bertz CT molecular complexity index is 436. The number of aromatic nitrogens is 1. The predicted octanol–water partition coefficient (Wildman–Crippen LogP) is 2.90. The highest BCUT2D eigenvalue weighted by molar-refractivity contribution is 5.62. The first kappa shape index (κ1) is 9.65. The molecule has 15 heavy (non-hydrogen) atoms. The fourth-order valence-electron chi connectivity index (χ4n) is 1.33. The van der Waals surface area contributed by atoms with Crippen molar-refractivity contribution < 1.29 is 9.13 Å². The van der Waals surface area contributed by atoms with Crippen molar-refractivity contribution in [2.45, 2.75) is 0 Å². The Morgan fingerprint density at radius 3 is 2.20 bits per heavy atom. The van der Waals surface area contributed by atoms with E-state index >= 15 is 0 Å². The second-order valence-electron chi connectivity index (χ2n) is 3.10. The molecule has 2 nitrogen and oxygen atoms in total. The van der Waals surface area contributed by atoms with Gasteiger partial charge in [0, 0.05) is 11.8 Å². The van der Waals surface area contributed by atoms with Crippen molar-refractivity contribution in [3.8, 4) is 16.9 Å². The van der Waals surface area contributed by atoms with E-state index in [-0.39, 0.29) is 0 Å². The van der Waals surface area contributed by atoms with Crippen LogP contribution in [0.25, 0.3) is 11.1 Å². The van der Waals surface area contributed by atoms with E-state index in [4.69, 9.17) is 4.74 Å². The van der Waals surface area contributed by atoms with Gasteiger partial charge in [-0.15, -0.1) is 0 Å². The first-order chi connectivity index (χ1) is 7.29. The summed E-state index contributed by atoms with van der Waals surface area (Å²) in [6.45, 7) is 0. The van der Waals surface area contributed by atoms with Gasteiger partial charge < -0.3 is 4.74 Å². The van der Waals surface area contributed by atoms with Gasteiger partial charge in [-0.2, -0.15) is 4.39 Å². The number of hydrogen-bond acceptors (Lipinski definition) is 2. The quantitative estimate of drug-likeness (QED) is 0.700. The van der Waals surface area contributed by atoms with Crippen molar-refractivity contribution in [1.29, 1.82) is 0 Å². The summed E-state index contributed by atoms with van der Waals surface area (Å²) in [5.41, 5.74) is 1.88. The molecule has 0 radical (unpaired) electrons. The van der Waals surface area contributed by atoms with Crippen LogP contribution < -0.4 is 4.74 Å². The van der Waals surface area contributed by atoms with Gasteiger partial charge in [0.25, 0.3) is 0 Å². The third kappa shape index (κ3) is 2.13. The summed E-state index contributed by atoms with van der Waals surface area (Å²) in [7, 11) is 1.62. The van der Waals surface area contributed by atoms with Crippen molar-refractivity contribution in [3.63, 3.8) is 0 Å². The molecule has 0 amide bonds. The average molecular weight is 203 g/mol. The van der Waals surface area contributed by atoms with E-state index in [1.54, 1.807) is 13.2 Å². The fraction of sp³-hybridized carbons (Fsp3) is 0.0833. The van der Waals surface area contributed by atoms with Gasteiger partial charge in [0.15, 0.2) is 0 Å². The van der Waals surface area contributed by atoms with Crippen LogP contribution in [0.1, 0.15) is 0 Å². The summed E-state index contributed by atoms with van der Waals surface area (Å²) in [6, 6.07) is 10.6. The molecule has 0 bridgehead atoms. The van der Waals surface area contributed by atoms with Crippen molar-refractivity contribution in [2.75, 3.05) is 7.11 Å². The molecule has 0 aliphatic carbocycles. The second kappa shape index (κ2) is 4.09. The van der Waals surface area contributed by atoms with E-state index in [0.717, 1.165) is 16.9 Å². The molecular formula is C12H10FNO. The maximum atomic E-state index is 12.6. The Morgan fingerprint density at radius 2 is 1.67 bits per heavy atom. The molecule has 0 aliphatic heterocycles. The first-order valence-electron chi connectivity index (χ1n) is 4.55. The lowest BCUT2D eigenvalue weighted by molar-refractivity contribution is 0.415. The zero-order chi connectivity index (χ0) is 10.7. The first-order valence-corrected chi connectivity index (χ1v) is 4.55. The molecule has 0 saturated carbocycles. The highest BCUT2D eigenvalue weighted by Gasteiger charge is 1.98. The van der Waals surface area contributed by atoms with E-state index in [9.17, 15) is 4.39 Å². The smallest absolute Gasteiger partial charge is 0.212 e. The van der Waals surface area contributed by atoms with Crippen LogP contribution in [0.3, 0.4) is 0 Å². The number of pyridine rings is 1. The molecule has 1 aromatic heterocycles. The second-order valence-corrected chi connectivity index (χ2v) is 3.10. The summed E-state index contributed by atoms with van der Waals surface area (Å²) in [5.74, 6) is 0.334. The minimum Gasteiger partial charge on any atom is -0.497 e. The highest BCUT2D eigenvalue weighted by atomic mass is 19.1. The standard InChI is InChI=1S/C12H10FNO/c1-15-11-5-2-9(3-6-11)10-4-7-12(13)14-8-10/h2-8H,1H3. The molecule has 0 N–H and O–H groups in total. The maximum absolute atomic E-state index is 12.6. The number of methoxy groups -OCH3 is 1. The van der Waals surface area contributed by atoms with E-state index in [0.29, 0.717) is 0 Å². The number of benzene rings is 1. The zero-order valence-electron chi connectivity index (χ0n) is 8.27. The summed E-state index contributed by atoms with van der Waals surface area (Å²) >= 11 is 0. The van der Waals surface area contributed by atoms with Crippen LogP contribution in [0.4, 0.5) is 4.39 Å². The third-order valence-corrected chi connectivity index (χ3v) is 2.15. The molecule has 0 saturated heterocycles. The third-order valence-electron chi connectivity index (χ3n) is 2.15. The largest absolute Gasteiger partial charge is 0.497 e. The van der Waals surface area contributed by atoms with Crippen LogP contribution in [0, 0.1) is 5.95 Å². The Kier molecular flexibility index (Phi) is 2.63. The van der Waals surface area contributed by atoms with E-state index < -0.39 is 5.95 Å². The lowest BCUT2D eigenvalue weighted by Crippen LogP contribution is -1.85. The predicted molar refractivity (Wildman–Crippen MR) is 56.2 cm³/mol. The molecule has 3 heteroatoms. The lowest BCUT2D eigenvalue weighted by atomic mass is 10.1. The van der Waals surface area contributed by atoms with Crippen molar-refractivity contribution in [2.24, 2.45) is 0 Å². The van der Waals surface area contributed by atoms with Gasteiger partial charge >= 0.3 is 0 Å². The number of nitrogens with zero attached hydrogens (tertiary/aromatic N) is 1. The Morgan fingerprint density at radius 1 is 1.00 bits per heavy atom. The van der Waals surface area contributed by atoms with E-state index in [1.165, 1.54) is 12.3 Å². The topological polar surface area (TPSA) is 22.1 Å². The Balaban J connectivity index is 2.33. The molecular weight excluding hydrogens is 193 g/mol. The monoisotopic (exact) mass is 203 g/mol. The number of rotatable bonds is 2. The molecule has 0 fully saturated rings.